The molecular formula is C21H26N2O4S. The molecule has 0 aliphatic heterocycles. The van der Waals surface area contributed by atoms with Gasteiger partial charge < -0.3 is 10.6 Å². The van der Waals surface area contributed by atoms with Crippen LogP contribution >= 0.6 is 0 Å². The Morgan fingerprint density at radius 3 is 1.93 bits per heavy atom. The van der Waals surface area contributed by atoms with Crippen LogP contribution in [-0.4, -0.2) is 32.5 Å². The van der Waals surface area contributed by atoms with Gasteiger partial charge in [0, 0.05) is 11.8 Å². The number of benzene rings is 2. The van der Waals surface area contributed by atoms with Crippen LogP contribution in [-0.2, 0) is 14.6 Å². The number of carbonyl (C=O) groups is 2. The highest BCUT2D eigenvalue weighted by Crippen LogP contribution is 2.17. The zero-order valence-electron chi connectivity index (χ0n) is 16.5. The van der Waals surface area contributed by atoms with Gasteiger partial charge in [0.1, 0.15) is 6.04 Å². The third-order valence-electron chi connectivity index (χ3n) is 4.44. The van der Waals surface area contributed by atoms with Crippen LogP contribution in [0.2, 0.25) is 0 Å². The molecule has 2 aromatic carbocycles. The predicted octanol–water partition coefficient (Wildman–Crippen LogP) is 2.72. The van der Waals surface area contributed by atoms with E-state index in [1.54, 1.807) is 36.4 Å². The van der Waals surface area contributed by atoms with Gasteiger partial charge in [-0.3, -0.25) is 9.59 Å². The second-order valence-electron chi connectivity index (χ2n) is 7.13. The molecule has 7 heteroatoms. The van der Waals surface area contributed by atoms with Gasteiger partial charge in [-0.15, -0.1) is 0 Å². The molecule has 150 valence electrons. The van der Waals surface area contributed by atoms with Gasteiger partial charge in [0.2, 0.25) is 5.91 Å². The van der Waals surface area contributed by atoms with Gasteiger partial charge in [-0.25, -0.2) is 8.42 Å². The molecule has 0 radical (unpaired) electrons. The lowest BCUT2D eigenvalue weighted by molar-refractivity contribution is -0.124. The van der Waals surface area contributed by atoms with E-state index >= 15 is 0 Å². The topological polar surface area (TPSA) is 92.3 Å². The number of carbonyl (C=O) groups excluding carboxylic acids is 2. The van der Waals surface area contributed by atoms with Gasteiger partial charge in [-0.1, -0.05) is 44.2 Å². The molecular weight excluding hydrogens is 376 g/mol. The number of rotatable bonds is 7. The minimum absolute atomic E-state index is 0.104. The average molecular weight is 403 g/mol. The van der Waals surface area contributed by atoms with Crippen LogP contribution in [0.15, 0.2) is 59.5 Å². The zero-order valence-corrected chi connectivity index (χ0v) is 17.3. The average Bonchev–Trinajstić information content (AvgIpc) is 2.65. The summed E-state index contributed by atoms with van der Waals surface area (Å²) in [4.78, 5) is 25.4. The lowest BCUT2D eigenvalue weighted by atomic mass is 10.0. The monoisotopic (exact) mass is 402 g/mol. The zero-order chi connectivity index (χ0) is 20.9. The first-order chi connectivity index (χ1) is 13.1. The fourth-order valence-electron chi connectivity index (χ4n) is 2.74. The lowest BCUT2D eigenvalue weighted by Crippen LogP contribution is -2.50. The molecule has 2 N–H and O–H groups in total. The van der Waals surface area contributed by atoms with Crippen molar-refractivity contribution in [2.24, 2.45) is 5.92 Å². The van der Waals surface area contributed by atoms with E-state index in [4.69, 9.17) is 0 Å². The molecule has 0 aliphatic rings. The Morgan fingerprint density at radius 2 is 1.43 bits per heavy atom. The summed E-state index contributed by atoms with van der Waals surface area (Å²) in [6.07, 6.45) is 1.15. The van der Waals surface area contributed by atoms with Crippen molar-refractivity contribution in [2.45, 2.75) is 37.8 Å². The second kappa shape index (κ2) is 9.01. The van der Waals surface area contributed by atoms with E-state index in [-0.39, 0.29) is 28.7 Å². The van der Waals surface area contributed by atoms with Crippen LogP contribution in [0.5, 0.6) is 0 Å². The fraction of sp³-hybridized carbons (Fsp3) is 0.333. The highest BCUT2D eigenvalue weighted by atomic mass is 32.2. The van der Waals surface area contributed by atoms with Crippen LogP contribution in [0, 0.1) is 5.92 Å². The summed E-state index contributed by atoms with van der Waals surface area (Å²) in [6.45, 7) is 5.53. The van der Waals surface area contributed by atoms with E-state index in [1.165, 1.54) is 12.1 Å². The molecule has 2 amide bonds. The molecule has 0 heterocycles. The van der Waals surface area contributed by atoms with Crippen molar-refractivity contribution >= 4 is 21.7 Å². The smallest absolute Gasteiger partial charge is 0.251 e. The maximum Gasteiger partial charge on any atom is 0.251 e. The number of hydrogen-bond donors (Lipinski definition) is 2. The number of sulfone groups is 1. The molecule has 1 unspecified atom stereocenters. The SMILES string of the molecule is CC(NC(=O)[C@@H](NC(=O)c1ccccc1)C(C)C)c1ccc(S(C)(=O)=O)cc1. The molecule has 2 atom stereocenters. The Labute approximate surface area is 166 Å². The molecule has 28 heavy (non-hydrogen) atoms. The first kappa shape index (κ1) is 21.6. The van der Waals surface area contributed by atoms with Crippen LogP contribution in [0.3, 0.4) is 0 Å². The number of hydrogen-bond acceptors (Lipinski definition) is 4. The summed E-state index contributed by atoms with van der Waals surface area (Å²) in [6, 6.07) is 14.1. The summed E-state index contributed by atoms with van der Waals surface area (Å²) in [7, 11) is -3.27. The van der Waals surface area contributed by atoms with E-state index in [9.17, 15) is 18.0 Å². The van der Waals surface area contributed by atoms with Crippen molar-refractivity contribution in [2.75, 3.05) is 6.26 Å². The van der Waals surface area contributed by atoms with E-state index in [2.05, 4.69) is 10.6 Å². The van der Waals surface area contributed by atoms with Crippen LogP contribution in [0.25, 0.3) is 0 Å². The van der Waals surface area contributed by atoms with Crippen molar-refractivity contribution in [3.05, 3.63) is 65.7 Å². The van der Waals surface area contributed by atoms with Crippen LogP contribution in [0.1, 0.15) is 42.7 Å². The summed E-state index contributed by atoms with van der Waals surface area (Å²) in [5.41, 5.74) is 1.27. The molecule has 2 rings (SSSR count). The molecule has 0 saturated heterocycles. The normalized spacial score (nSPS) is 13.6. The maximum absolute atomic E-state index is 12.7. The molecule has 0 fully saturated rings. The summed E-state index contributed by atoms with van der Waals surface area (Å²) in [5, 5.41) is 5.68. The highest BCUT2D eigenvalue weighted by molar-refractivity contribution is 7.90. The van der Waals surface area contributed by atoms with E-state index in [0.29, 0.717) is 5.56 Å². The van der Waals surface area contributed by atoms with Crippen molar-refractivity contribution in [3.63, 3.8) is 0 Å². The second-order valence-corrected chi connectivity index (χ2v) is 9.15. The van der Waals surface area contributed by atoms with Gasteiger partial charge in [-0.05, 0) is 42.7 Å². The Bertz CT molecular complexity index is 923. The minimum Gasteiger partial charge on any atom is -0.348 e. The highest BCUT2D eigenvalue weighted by Gasteiger charge is 2.26. The van der Waals surface area contributed by atoms with Gasteiger partial charge in [0.15, 0.2) is 9.84 Å². The lowest BCUT2D eigenvalue weighted by Gasteiger charge is -2.24. The van der Waals surface area contributed by atoms with E-state index in [1.807, 2.05) is 26.8 Å². The Morgan fingerprint density at radius 1 is 0.857 bits per heavy atom. The largest absolute Gasteiger partial charge is 0.348 e. The fourth-order valence-corrected chi connectivity index (χ4v) is 3.37. The first-order valence-electron chi connectivity index (χ1n) is 9.06. The Balaban J connectivity index is 2.08. The standard InChI is InChI=1S/C21H26N2O4S/c1-14(2)19(23-20(24)17-8-6-5-7-9-17)21(25)22-15(3)16-10-12-18(13-11-16)28(4,26)27/h5-15,19H,1-4H3,(H,22,25)(H,23,24)/t15?,19-/m0/s1. The van der Waals surface area contributed by atoms with Crippen LogP contribution < -0.4 is 10.6 Å². The van der Waals surface area contributed by atoms with Crippen molar-refractivity contribution in [1.29, 1.82) is 0 Å². The molecule has 0 saturated carbocycles. The molecule has 0 aromatic heterocycles. The molecule has 2 aromatic rings. The molecule has 0 spiro atoms. The molecule has 0 aliphatic carbocycles. The van der Waals surface area contributed by atoms with Crippen molar-refractivity contribution in [3.8, 4) is 0 Å². The summed E-state index contributed by atoms with van der Waals surface area (Å²) >= 11 is 0. The van der Waals surface area contributed by atoms with Gasteiger partial charge >= 0.3 is 0 Å². The van der Waals surface area contributed by atoms with Crippen LogP contribution in [0.4, 0.5) is 0 Å². The first-order valence-corrected chi connectivity index (χ1v) is 10.9. The van der Waals surface area contributed by atoms with E-state index < -0.39 is 15.9 Å². The quantitative estimate of drug-likeness (QED) is 0.745. The molecule has 6 nitrogen and oxygen atoms in total. The minimum atomic E-state index is -3.27. The third-order valence-corrected chi connectivity index (χ3v) is 5.57. The third kappa shape index (κ3) is 5.66. The van der Waals surface area contributed by atoms with Gasteiger partial charge in [-0.2, -0.15) is 0 Å². The van der Waals surface area contributed by atoms with Gasteiger partial charge in [0.25, 0.3) is 5.91 Å². The summed E-state index contributed by atoms with van der Waals surface area (Å²) in [5.74, 6) is -0.703. The van der Waals surface area contributed by atoms with Gasteiger partial charge in [0.05, 0.1) is 10.9 Å². The summed E-state index contributed by atoms with van der Waals surface area (Å²) < 4.78 is 23.1. The predicted molar refractivity (Wildman–Crippen MR) is 109 cm³/mol. The molecule has 0 bridgehead atoms. The number of amides is 2. The Hall–Kier alpha value is -2.67. The van der Waals surface area contributed by atoms with Crippen molar-refractivity contribution in [1.82, 2.24) is 10.6 Å². The van der Waals surface area contributed by atoms with Crippen molar-refractivity contribution < 1.29 is 18.0 Å². The maximum atomic E-state index is 12.7. The van der Waals surface area contributed by atoms with E-state index in [0.717, 1.165) is 11.8 Å². The number of nitrogens with one attached hydrogen (secondary N) is 2. The Kier molecular flexibility index (Phi) is 6.96.